The van der Waals surface area contributed by atoms with Crippen LogP contribution in [0.5, 0.6) is 0 Å². The van der Waals surface area contributed by atoms with Gasteiger partial charge in [-0.15, -0.1) is 0 Å². The van der Waals surface area contributed by atoms with Crippen LogP contribution in [0.4, 0.5) is 4.79 Å². The maximum Gasteiger partial charge on any atom is 0.409 e. The molecule has 1 unspecified atom stereocenters. The molecule has 0 spiro atoms. The smallest absolute Gasteiger partial charge is 0.409 e. The molecular weight excluding hydrogens is 334 g/mol. The highest BCUT2D eigenvalue weighted by Crippen LogP contribution is 2.27. The summed E-state index contributed by atoms with van der Waals surface area (Å²) in [5.74, 6) is 0. The first-order valence-electron chi connectivity index (χ1n) is 7.27. The number of benzene rings is 1. The van der Waals surface area contributed by atoms with E-state index in [2.05, 4.69) is 26.9 Å². The lowest BCUT2D eigenvalue weighted by Crippen LogP contribution is -2.51. The summed E-state index contributed by atoms with van der Waals surface area (Å²) in [5, 5.41) is 0. The van der Waals surface area contributed by atoms with E-state index in [1.165, 1.54) is 5.56 Å². The molecule has 1 aliphatic rings. The van der Waals surface area contributed by atoms with Crippen LogP contribution in [0.3, 0.4) is 0 Å². The molecule has 6 heteroatoms. The molecule has 2 rings (SSSR count). The maximum atomic E-state index is 11.7. The van der Waals surface area contributed by atoms with Crippen molar-refractivity contribution in [3.05, 3.63) is 34.3 Å². The van der Waals surface area contributed by atoms with Gasteiger partial charge < -0.3 is 15.4 Å². The Bertz CT molecular complexity index is 476. The van der Waals surface area contributed by atoms with Gasteiger partial charge >= 0.3 is 6.09 Å². The van der Waals surface area contributed by atoms with Gasteiger partial charge in [0.2, 0.25) is 0 Å². The van der Waals surface area contributed by atoms with Crippen molar-refractivity contribution in [2.45, 2.75) is 13.0 Å². The number of hydrogen-bond acceptors (Lipinski definition) is 4. The van der Waals surface area contributed by atoms with E-state index in [9.17, 15) is 4.79 Å². The first-order valence-corrected chi connectivity index (χ1v) is 8.07. The molecule has 1 fully saturated rings. The molecule has 1 aromatic carbocycles. The Labute approximate surface area is 134 Å². The Kier molecular flexibility index (Phi) is 6.02. The third-order valence-corrected chi connectivity index (χ3v) is 4.49. The van der Waals surface area contributed by atoms with Crippen molar-refractivity contribution in [1.29, 1.82) is 0 Å². The van der Waals surface area contributed by atoms with Gasteiger partial charge in [-0.2, -0.15) is 0 Å². The van der Waals surface area contributed by atoms with Gasteiger partial charge in [0.05, 0.1) is 6.61 Å². The molecule has 5 nitrogen and oxygen atoms in total. The molecule has 1 amide bonds. The van der Waals surface area contributed by atoms with Crippen molar-refractivity contribution in [3.63, 3.8) is 0 Å². The van der Waals surface area contributed by atoms with E-state index in [4.69, 9.17) is 10.5 Å². The number of carbonyl (C=O) groups excluding carboxylic acids is 1. The molecule has 0 radical (unpaired) electrons. The lowest BCUT2D eigenvalue weighted by Gasteiger charge is -2.38. The second-order valence-electron chi connectivity index (χ2n) is 4.99. The zero-order chi connectivity index (χ0) is 15.2. The average Bonchev–Trinajstić information content (AvgIpc) is 2.51. The zero-order valence-corrected chi connectivity index (χ0v) is 13.9. The highest BCUT2D eigenvalue weighted by molar-refractivity contribution is 9.10. The van der Waals surface area contributed by atoms with Crippen LogP contribution >= 0.6 is 15.9 Å². The van der Waals surface area contributed by atoms with E-state index in [-0.39, 0.29) is 12.1 Å². The summed E-state index contributed by atoms with van der Waals surface area (Å²) >= 11 is 3.59. The Balaban J connectivity index is 2.00. The average molecular weight is 356 g/mol. The molecule has 1 saturated heterocycles. The lowest BCUT2D eigenvalue weighted by atomic mass is 10.0. The second kappa shape index (κ2) is 7.77. The van der Waals surface area contributed by atoms with E-state index >= 15 is 0 Å². The molecule has 21 heavy (non-hydrogen) atoms. The molecule has 0 aliphatic carbocycles. The summed E-state index contributed by atoms with van der Waals surface area (Å²) in [5.41, 5.74) is 7.18. The normalized spacial score (nSPS) is 17.6. The minimum Gasteiger partial charge on any atom is -0.450 e. The third-order valence-electron chi connectivity index (χ3n) is 3.77. The van der Waals surface area contributed by atoms with Gasteiger partial charge in [0.25, 0.3) is 0 Å². The third kappa shape index (κ3) is 3.96. The number of nitrogens with two attached hydrogens (primary N) is 1. The Morgan fingerprint density at radius 2 is 2.00 bits per heavy atom. The molecule has 1 heterocycles. The number of amides is 1. The van der Waals surface area contributed by atoms with Gasteiger partial charge in [-0.1, -0.05) is 34.1 Å². The van der Waals surface area contributed by atoms with Crippen molar-refractivity contribution < 1.29 is 9.53 Å². The minimum atomic E-state index is -0.220. The number of ether oxygens (including phenoxy) is 1. The number of halogens is 1. The zero-order valence-electron chi connectivity index (χ0n) is 12.3. The van der Waals surface area contributed by atoms with Gasteiger partial charge in [-0.05, 0) is 18.6 Å². The lowest BCUT2D eigenvalue weighted by molar-refractivity contribution is 0.0670. The SMILES string of the molecule is CCOC(=O)N1CCN(C(CN)c2ccccc2Br)CC1. The van der Waals surface area contributed by atoms with Gasteiger partial charge in [0.15, 0.2) is 0 Å². The number of rotatable bonds is 4. The fraction of sp³-hybridized carbons (Fsp3) is 0.533. The molecular formula is C15H22BrN3O2. The second-order valence-corrected chi connectivity index (χ2v) is 5.85. The number of piperazine rings is 1. The summed E-state index contributed by atoms with van der Waals surface area (Å²) in [4.78, 5) is 15.8. The topological polar surface area (TPSA) is 58.8 Å². The van der Waals surface area contributed by atoms with E-state index in [1.807, 2.05) is 25.1 Å². The summed E-state index contributed by atoms with van der Waals surface area (Å²) in [6.07, 6.45) is -0.220. The van der Waals surface area contributed by atoms with Crippen LogP contribution in [0.1, 0.15) is 18.5 Å². The van der Waals surface area contributed by atoms with Crippen molar-refractivity contribution in [2.75, 3.05) is 39.3 Å². The number of nitrogens with zero attached hydrogens (tertiary/aromatic N) is 2. The van der Waals surface area contributed by atoms with Crippen molar-refractivity contribution >= 4 is 22.0 Å². The van der Waals surface area contributed by atoms with Gasteiger partial charge in [0, 0.05) is 43.2 Å². The minimum absolute atomic E-state index is 0.171. The van der Waals surface area contributed by atoms with E-state index in [1.54, 1.807) is 4.90 Å². The molecule has 1 aromatic rings. The van der Waals surface area contributed by atoms with Gasteiger partial charge in [-0.3, -0.25) is 4.90 Å². The molecule has 1 atom stereocenters. The van der Waals surface area contributed by atoms with Gasteiger partial charge in [0.1, 0.15) is 0 Å². The standard InChI is InChI=1S/C15H22BrN3O2/c1-2-21-15(20)19-9-7-18(8-10-19)14(11-17)12-5-3-4-6-13(12)16/h3-6,14H,2,7-11,17H2,1H3. The maximum absolute atomic E-state index is 11.7. The molecule has 0 aromatic heterocycles. The van der Waals surface area contributed by atoms with Crippen LogP contribution in [0.25, 0.3) is 0 Å². The summed E-state index contributed by atoms with van der Waals surface area (Å²) in [6.45, 7) is 5.78. The first kappa shape index (κ1) is 16.3. The Morgan fingerprint density at radius 3 is 2.57 bits per heavy atom. The van der Waals surface area contributed by atoms with Crippen LogP contribution in [-0.4, -0.2) is 55.2 Å². The molecule has 1 aliphatic heterocycles. The fourth-order valence-electron chi connectivity index (χ4n) is 2.65. The molecule has 0 saturated carbocycles. The van der Waals surface area contributed by atoms with E-state index in [0.29, 0.717) is 26.2 Å². The monoisotopic (exact) mass is 355 g/mol. The van der Waals surface area contributed by atoms with E-state index < -0.39 is 0 Å². The summed E-state index contributed by atoms with van der Waals surface area (Å²) in [7, 11) is 0. The van der Waals surface area contributed by atoms with Crippen LogP contribution in [0.15, 0.2) is 28.7 Å². The predicted octanol–water partition coefficient (Wildman–Crippen LogP) is 2.22. The van der Waals surface area contributed by atoms with Crippen LogP contribution in [-0.2, 0) is 4.74 Å². The van der Waals surface area contributed by atoms with Gasteiger partial charge in [-0.25, -0.2) is 4.79 Å². The molecule has 2 N–H and O–H groups in total. The molecule has 116 valence electrons. The van der Waals surface area contributed by atoms with Crippen molar-refractivity contribution in [1.82, 2.24) is 9.80 Å². The predicted molar refractivity (Wildman–Crippen MR) is 86.1 cm³/mol. The quantitative estimate of drug-likeness (QED) is 0.899. The van der Waals surface area contributed by atoms with Crippen LogP contribution in [0.2, 0.25) is 0 Å². The van der Waals surface area contributed by atoms with E-state index in [0.717, 1.165) is 17.6 Å². The Hall–Kier alpha value is -1.11. The van der Waals surface area contributed by atoms with Crippen LogP contribution in [0, 0.1) is 0 Å². The molecule has 0 bridgehead atoms. The highest BCUT2D eigenvalue weighted by Gasteiger charge is 2.27. The highest BCUT2D eigenvalue weighted by atomic mass is 79.9. The number of carbonyl (C=O) groups is 1. The summed E-state index contributed by atoms with van der Waals surface area (Å²) in [6, 6.07) is 8.33. The number of hydrogen-bond donors (Lipinski definition) is 1. The fourth-order valence-corrected chi connectivity index (χ4v) is 3.20. The van der Waals surface area contributed by atoms with Crippen molar-refractivity contribution in [3.8, 4) is 0 Å². The first-order chi connectivity index (χ1) is 10.2. The largest absolute Gasteiger partial charge is 0.450 e. The van der Waals surface area contributed by atoms with Crippen LogP contribution < -0.4 is 5.73 Å². The van der Waals surface area contributed by atoms with Crippen molar-refractivity contribution in [2.24, 2.45) is 5.73 Å². The Morgan fingerprint density at radius 1 is 1.33 bits per heavy atom. The summed E-state index contributed by atoms with van der Waals surface area (Å²) < 4.78 is 6.12.